The van der Waals surface area contributed by atoms with E-state index in [-0.39, 0.29) is 11.3 Å². The van der Waals surface area contributed by atoms with Gasteiger partial charge in [0.05, 0.1) is 0 Å². The highest BCUT2D eigenvalue weighted by Gasteiger charge is 1.94. The molecule has 0 saturated heterocycles. The first kappa shape index (κ1) is 6.40. The number of hydrogen-bond acceptors (Lipinski definition) is 3. The van der Waals surface area contributed by atoms with Crippen LogP contribution in [0.2, 0.25) is 0 Å². The fourth-order valence-electron chi connectivity index (χ4n) is 0.0269. The van der Waals surface area contributed by atoms with E-state index in [1.165, 1.54) is 0 Å². The maximum atomic E-state index is 9.33. The van der Waals surface area contributed by atoms with Crippen molar-refractivity contribution in [2.75, 3.05) is 0 Å². The van der Waals surface area contributed by atoms with Gasteiger partial charge in [0.15, 0.2) is 0 Å². The van der Waals surface area contributed by atoms with Crippen LogP contribution in [0.5, 0.6) is 0 Å². The molecule has 1 unspecified atom stereocenters. The first-order chi connectivity index (χ1) is 2.77. The highest BCUT2D eigenvalue weighted by molar-refractivity contribution is 7.31. The van der Waals surface area contributed by atoms with Crippen LogP contribution in [0.25, 0.3) is 0 Å². The van der Waals surface area contributed by atoms with Crippen molar-refractivity contribution in [2.24, 2.45) is 0 Å². The zero-order chi connectivity index (χ0) is 4.99. The third-order valence-electron chi connectivity index (χ3n) is 0.0975. The van der Waals surface area contributed by atoms with Gasteiger partial charge in [-0.1, -0.05) is 0 Å². The van der Waals surface area contributed by atoms with E-state index in [2.05, 4.69) is 4.08 Å². The highest BCUT2D eigenvalue weighted by Crippen LogP contribution is 2.12. The van der Waals surface area contributed by atoms with E-state index in [1.807, 2.05) is 0 Å². The summed E-state index contributed by atoms with van der Waals surface area (Å²) in [7, 11) is -3.01. The minimum atomic E-state index is -3.01. The molecule has 4 nitrogen and oxygen atoms in total. The van der Waals surface area contributed by atoms with Gasteiger partial charge in [0, 0.05) is 0 Å². The van der Waals surface area contributed by atoms with Crippen molar-refractivity contribution >= 4 is 8.25 Å². The Bertz CT molecular complexity index is 51.5. The van der Waals surface area contributed by atoms with Crippen molar-refractivity contribution in [2.45, 2.75) is 0 Å². The van der Waals surface area contributed by atoms with Crippen LogP contribution in [0.1, 0.15) is 0 Å². The Hall–Kier alpha value is 0.400. The van der Waals surface area contributed by atoms with Crippen LogP contribution in [-0.4, -0.2) is 4.89 Å². The molecule has 38 valence electrons. The monoisotopic (exact) mass is 132 g/mol. The Balaban J connectivity index is 2.83. The second kappa shape index (κ2) is 3.59. The van der Waals surface area contributed by atoms with Gasteiger partial charge >= 0.3 is 19.6 Å². The Morgan fingerprint density at radius 3 is 2.50 bits per heavy atom. The lowest BCUT2D eigenvalue weighted by Crippen LogP contribution is -1.98. The van der Waals surface area contributed by atoms with E-state index < -0.39 is 8.25 Å². The molecular weight excluding hydrogens is 130 g/mol. The molecule has 0 aliphatic rings. The van der Waals surface area contributed by atoms with Gasteiger partial charge in [-0.05, 0) is 4.08 Å². The average molecular weight is 132 g/mol. The summed E-state index contributed by atoms with van der Waals surface area (Å²) in [5, 5.41) is 0. The van der Waals surface area contributed by atoms with E-state index in [0.717, 1.165) is 0 Å². The van der Waals surface area contributed by atoms with Crippen LogP contribution in [-0.2, 0) is 8.64 Å². The minimum absolute atomic E-state index is 0.0283. The molecule has 0 aliphatic heterocycles. The van der Waals surface area contributed by atoms with Crippen molar-refractivity contribution in [3.8, 4) is 0 Å². The van der Waals surface area contributed by atoms with Crippen LogP contribution >= 0.6 is 8.25 Å². The van der Waals surface area contributed by atoms with Gasteiger partial charge in [0.1, 0.15) is 0 Å². The van der Waals surface area contributed by atoms with Crippen molar-refractivity contribution in [3.05, 3.63) is 0 Å². The predicted molar refractivity (Wildman–Crippen MR) is 12.3 cm³/mol. The lowest BCUT2D eigenvalue weighted by Gasteiger charge is -1.74. The summed E-state index contributed by atoms with van der Waals surface area (Å²) in [4.78, 5) is 7.64. The van der Waals surface area contributed by atoms with E-state index in [0.29, 0.717) is 0 Å². The molecule has 0 radical (unpaired) electrons. The van der Waals surface area contributed by atoms with E-state index in [9.17, 15) is 4.57 Å². The molecule has 0 heterocycles. The van der Waals surface area contributed by atoms with Crippen LogP contribution in [0.15, 0.2) is 0 Å². The third kappa shape index (κ3) is 4.40. The summed E-state index contributed by atoms with van der Waals surface area (Å²) >= 11 is 0.0283. The summed E-state index contributed by atoms with van der Waals surface area (Å²) in [6, 6.07) is 0. The molecule has 0 saturated carbocycles. The Kier molecular flexibility index (Phi) is 3.82. The van der Waals surface area contributed by atoms with Gasteiger partial charge in [0.2, 0.25) is 0 Å². The topological polar surface area (TPSA) is 69.6 Å². The molecule has 0 aromatic heterocycles. The van der Waals surface area contributed by atoms with Crippen molar-refractivity contribution < 1.29 is 29.5 Å². The van der Waals surface area contributed by atoms with Gasteiger partial charge in [-0.3, -0.25) is 4.57 Å². The second-order valence-corrected chi connectivity index (χ2v) is 1.68. The number of hydrogen-bond donors (Lipinski definition) is 1. The smallest absolute Gasteiger partial charge is 0.378 e. The first-order valence-electron chi connectivity index (χ1n) is 0.940. The summed E-state index contributed by atoms with van der Waals surface area (Å²) in [6.45, 7) is 0. The summed E-state index contributed by atoms with van der Waals surface area (Å²) < 4.78 is 21.8. The molecular formula is H2ClO4P. The maximum absolute atomic E-state index is 9.33. The number of rotatable bonds is 2. The largest absolute Gasteiger partial charge is 0.505 e. The van der Waals surface area contributed by atoms with Crippen LogP contribution < -0.4 is 4.66 Å². The zero-order valence-corrected chi connectivity index (χ0v) is 4.31. The van der Waals surface area contributed by atoms with Gasteiger partial charge in [-0.2, -0.15) is 0 Å². The summed E-state index contributed by atoms with van der Waals surface area (Å²) in [5.41, 5.74) is 0. The molecule has 0 spiro atoms. The molecule has 0 fully saturated rings. The molecule has 0 aromatic carbocycles. The van der Waals surface area contributed by atoms with E-state index in [1.54, 1.807) is 0 Å². The predicted octanol–water partition coefficient (Wildman–Crippen LogP) is -1.34. The molecule has 0 aliphatic carbocycles. The van der Waals surface area contributed by atoms with Gasteiger partial charge in [0.25, 0.3) is 0 Å². The Morgan fingerprint density at radius 1 is 2.00 bits per heavy atom. The molecule has 1 N–H and O–H groups in total. The van der Waals surface area contributed by atoms with Gasteiger partial charge < -0.3 is 9.55 Å². The fourth-order valence-corrected chi connectivity index (χ4v) is 0.243. The van der Waals surface area contributed by atoms with Gasteiger partial charge in [-0.25, -0.2) is 0 Å². The molecule has 0 bridgehead atoms. The second-order valence-electron chi connectivity index (χ2n) is 0.406. The SMILES string of the molecule is O=[PH](O)O[Cl+][O-]. The Labute approximate surface area is 38.8 Å². The van der Waals surface area contributed by atoms with Crippen molar-refractivity contribution in [1.82, 2.24) is 0 Å². The number of halogens is 1. The molecule has 6 heavy (non-hydrogen) atoms. The maximum Gasteiger partial charge on any atom is 0.378 e. The lowest BCUT2D eigenvalue weighted by atomic mass is 15.8. The van der Waals surface area contributed by atoms with Gasteiger partial charge in [-0.15, -0.1) is 0 Å². The molecule has 0 aromatic rings. The normalized spacial score (nSPS) is 14.3. The highest BCUT2D eigenvalue weighted by atomic mass is 35.6. The average Bonchev–Trinajstić information content (AvgIpc) is 1.35. The quantitative estimate of drug-likeness (QED) is 0.472. The van der Waals surface area contributed by atoms with Crippen LogP contribution in [0.3, 0.4) is 0 Å². The molecule has 6 heteroatoms. The minimum Gasteiger partial charge on any atom is -0.505 e. The lowest BCUT2D eigenvalue weighted by molar-refractivity contribution is -1.25. The Morgan fingerprint density at radius 2 is 2.50 bits per heavy atom. The van der Waals surface area contributed by atoms with Crippen LogP contribution in [0, 0.1) is 11.3 Å². The van der Waals surface area contributed by atoms with Crippen LogP contribution in [0.4, 0.5) is 0 Å². The standard InChI is InChI=1S/ClH2O4P/c2-1-5-6(3)4/h6H,(H,3,4). The summed E-state index contributed by atoms with van der Waals surface area (Å²) in [5.74, 6) is 0. The van der Waals surface area contributed by atoms with Crippen molar-refractivity contribution in [3.63, 3.8) is 0 Å². The van der Waals surface area contributed by atoms with Crippen molar-refractivity contribution in [1.29, 1.82) is 0 Å². The third-order valence-corrected chi connectivity index (χ3v) is 0.877. The molecule has 0 amide bonds. The molecule has 1 atom stereocenters. The fraction of sp³-hybridized carbons (Fsp3) is 0. The summed E-state index contributed by atoms with van der Waals surface area (Å²) in [6.07, 6.45) is 0. The zero-order valence-electron chi connectivity index (χ0n) is 2.55. The van der Waals surface area contributed by atoms with E-state index >= 15 is 0 Å². The molecule has 0 rings (SSSR count). The van der Waals surface area contributed by atoms with E-state index in [4.69, 9.17) is 9.55 Å². The first-order valence-corrected chi connectivity index (χ1v) is 2.82.